The molecule has 0 unspecified atom stereocenters. The number of nitrogens with zero attached hydrogens (tertiary/aromatic N) is 3. The highest BCUT2D eigenvalue weighted by Crippen LogP contribution is 2.33. The fourth-order valence-electron chi connectivity index (χ4n) is 2.96. The normalized spacial score (nSPS) is 11.0. The van der Waals surface area contributed by atoms with Crippen LogP contribution in [-0.4, -0.2) is 48.7 Å². The topological polar surface area (TPSA) is 36.4 Å². The van der Waals surface area contributed by atoms with Gasteiger partial charge in [0.25, 0.3) is 5.91 Å². The van der Waals surface area contributed by atoms with Gasteiger partial charge >= 0.3 is 0 Å². The Bertz CT molecular complexity index is 987. The van der Waals surface area contributed by atoms with E-state index >= 15 is 0 Å². The van der Waals surface area contributed by atoms with Crippen LogP contribution in [0.15, 0.2) is 41.3 Å². The first-order valence-electron chi connectivity index (χ1n) is 9.47. The number of aromatic nitrogens is 1. The van der Waals surface area contributed by atoms with Crippen LogP contribution in [0.3, 0.4) is 0 Å². The Kier molecular flexibility index (Phi) is 8.52. The number of carbonyl (C=O) groups excluding carboxylic acids is 1. The van der Waals surface area contributed by atoms with Gasteiger partial charge in [-0.2, -0.15) is 0 Å². The van der Waals surface area contributed by atoms with Crippen molar-refractivity contribution in [2.75, 3.05) is 37.8 Å². The highest BCUT2D eigenvalue weighted by Gasteiger charge is 2.22. The number of thioether (sulfide) groups is 1. The van der Waals surface area contributed by atoms with Crippen molar-refractivity contribution < 1.29 is 4.79 Å². The molecule has 1 amide bonds. The summed E-state index contributed by atoms with van der Waals surface area (Å²) in [6.45, 7) is 7.70. The van der Waals surface area contributed by atoms with Gasteiger partial charge in [0.15, 0.2) is 5.13 Å². The van der Waals surface area contributed by atoms with Gasteiger partial charge in [-0.1, -0.05) is 30.4 Å². The largest absolute Gasteiger partial charge is 0.308 e. The minimum Gasteiger partial charge on any atom is -0.308 e. The second-order valence-corrected chi connectivity index (χ2v) is 9.42. The molecule has 3 aromatic rings. The molecule has 0 saturated carbocycles. The number of likely N-dealkylation sites (N-methyl/N-ethyl adjacent to an activating group) is 1. The van der Waals surface area contributed by atoms with Gasteiger partial charge < -0.3 is 4.90 Å². The molecule has 1 aromatic heterocycles. The van der Waals surface area contributed by atoms with Gasteiger partial charge in [0.05, 0.1) is 10.2 Å². The number of benzene rings is 2. The molecule has 2 aromatic carbocycles. The van der Waals surface area contributed by atoms with Crippen molar-refractivity contribution in [2.45, 2.75) is 25.7 Å². The van der Waals surface area contributed by atoms with Gasteiger partial charge in [-0.15, -0.1) is 24.2 Å². The van der Waals surface area contributed by atoms with E-state index in [0.29, 0.717) is 12.1 Å². The molecule has 3 rings (SSSR count). The molecule has 4 nitrogen and oxygen atoms in total. The van der Waals surface area contributed by atoms with Crippen molar-refractivity contribution in [3.63, 3.8) is 0 Å². The minimum absolute atomic E-state index is 0. The average Bonchev–Trinajstić information content (AvgIpc) is 3.10. The molecule has 0 atom stereocenters. The number of hydrogen-bond acceptors (Lipinski definition) is 5. The van der Waals surface area contributed by atoms with Gasteiger partial charge in [0.1, 0.15) is 0 Å². The number of aryl methyl sites for hydroxylation is 2. The number of hydrogen-bond donors (Lipinski definition) is 0. The number of carbonyl (C=O) groups is 1. The molecule has 1 heterocycles. The van der Waals surface area contributed by atoms with Crippen molar-refractivity contribution in [1.29, 1.82) is 0 Å². The minimum atomic E-state index is 0. The predicted octanol–water partition coefficient (Wildman–Crippen LogP) is 5.66. The smallest absolute Gasteiger partial charge is 0.260 e. The summed E-state index contributed by atoms with van der Waals surface area (Å²) in [5, 5.41) is 0.768. The van der Waals surface area contributed by atoms with E-state index in [9.17, 15) is 4.79 Å². The van der Waals surface area contributed by atoms with E-state index in [4.69, 9.17) is 4.98 Å². The molecular weight excluding hydrogens is 422 g/mol. The Hall–Kier alpha value is -1.60. The number of amides is 1. The van der Waals surface area contributed by atoms with Crippen LogP contribution < -0.4 is 4.90 Å². The van der Waals surface area contributed by atoms with Gasteiger partial charge in [0, 0.05) is 23.5 Å². The van der Waals surface area contributed by atoms with Crippen LogP contribution in [0.25, 0.3) is 10.2 Å². The second kappa shape index (κ2) is 10.4. The lowest BCUT2D eigenvalue weighted by molar-refractivity contribution is 0.0985. The fourth-order valence-corrected chi connectivity index (χ4v) is 4.72. The maximum atomic E-state index is 13.4. The third kappa shape index (κ3) is 5.51. The highest BCUT2D eigenvalue weighted by atomic mass is 35.5. The van der Waals surface area contributed by atoms with Crippen molar-refractivity contribution in [2.24, 2.45) is 0 Å². The summed E-state index contributed by atoms with van der Waals surface area (Å²) in [7, 11) is 4.04. The molecule has 29 heavy (non-hydrogen) atoms. The molecule has 0 spiro atoms. The monoisotopic (exact) mass is 449 g/mol. The van der Waals surface area contributed by atoms with Crippen LogP contribution in [0.1, 0.15) is 28.4 Å². The lowest BCUT2D eigenvalue weighted by Crippen LogP contribution is -2.36. The van der Waals surface area contributed by atoms with E-state index in [-0.39, 0.29) is 18.3 Å². The Morgan fingerprint density at radius 1 is 1.14 bits per heavy atom. The average molecular weight is 450 g/mol. The summed E-state index contributed by atoms with van der Waals surface area (Å²) in [5.41, 5.74) is 4.11. The lowest BCUT2D eigenvalue weighted by atomic mass is 10.1. The van der Waals surface area contributed by atoms with E-state index in [1.807, 2.05) is 37.2 Å². The van der Waals surface area contributed by atoms with E-state index < -0.39 is 0 Å². The van der Waals surface area contributed by atoms with Crippen LogP contribution in [0.5, 0.6) is 0 Å². The molecule has 0 radical (unpaired) electrons. The summed E-state index contributed by atoms with van der Waals surface area (Å²) < 4.78 is 1.12. The number of anilines is 1. The fraction of sp³-hybridized carbons (Fsp3) is 0.364. The molecule has 0 fully saturated rings. The molecule has 0 saturated heterocycles. The third-order valence-electron chi connectivity index (χ3n) is 4.71. The molecule has 0 aliphatic heterocycles. The maximum Gasteiger partial charge on any atom is 0.260 e. The third-order valence-corrected chi connectivity index (χ3v) is 6.63. The lowest BCUT2D eigenvalue weighted by Gasteiger charge is -2.22. The quantitative estimate of drug-likeness (QED) is 0.436. The number of thiazole rings is 1. The second-order valence-electron chi connectivity index (χ2n) is 7.07. The van der Waals surface area contributed by atoms with E-state index in [1.54, 1.807) is 23.1 Å². The SMILES string of the molecule is CCSc1cccc(C(=O)N(CCN(C)C)c2nc3c(C)c(C)ccc3s2)c1.Cl. The summed E-state index contributed by atoms with van der Waals surface area (Å²) in [6.07, 6.45) is 0. The molecule has 0 bridgehead atoms. The van der Waals surface area contributed by atoms with Crippen molar-refractivity contribution in [3.05, 3.63) is 53.1 Å². The Morgan fingerprint density at radius 2 is 1.90 bits per heavy atom. The molecule has 0 aliphatic rings. The van der Waals surface area contributed by atoms with Crippen molar-refractivity contribution in [3.8, 4) is 0 Å². The van der Waals surface area contributed by atoms with Crippen molar-refractivity contribution >= 4 is 56.8 Å². The molecule has 0 N–H and O–H groups in total. The summed E-state index contributed by atoms with van der Waals surface area (Å²) >= 11 is 3.34. The van der Waals surface area contributed by atoms with E-state index in [0.717, 1.165) is 32.5 Å². The van der Waals surface area contributed by atoms with Gasteiger partial charge in [-0.25, -0.2) is 4.98 Å². The van der Waals surface area contributed by atoms with Gasteiger partial charge in [0.2, 0.25) is 0 Å². The van der Waals surface area contributed by atoms with Crippen LogP contribution in [0.2, 0.25) is 0 Å². The summed E-state index contributed by atoms with van der Waals surface area (Å²) in [6, 6.07) is 12.1. The van der Waals surface area contributed by atoms with Crippen LogP contribution in [-0.2, 0) is 0 Å². The Morgan fingerprint density at radius 3 is 2.59 bits per heavy atom. The zero-order valence-electron chi connectivity index (χ0n) is 17.6. The first kappa shape index (κ1) is 23.7. The van der Waals surface area contributed by atoms with E-state index in [2.05, 4.69) is 43.9 Å². The van der Waals surface area contributed by atoms with Crippen LogP contribution in [0.4, 0.5) is 5.13 Å². The zero-order chi connectivity index (χ0) is 20.3. The summed E-state index contributed by atoms with van der Waals surface area (Å²) in [5.74, 6) is 0.993. The van der Waals surface area contributed by atoms with Crippen LogP contribution in [0, 0.1) is 13.8 Å². The first-order chi connectivity index (χ1) is 13.4. The highest BCUT2D eigenvalue weighted by molar-refractivity contribution is 7.99. The number of rotatable bonds is 7. The summed E-state index contributed by atoms with van der Waals surface area (Å²) in [4.78, 5) is 23.3. The van der Waals surface area contributed by atoms with Gasteiger partial charge in [-0.3, -0.25) is 9.69 Å². The number of halogens is 1. The standard InChI is InChI=1S/C22H27N3OS2.ClH/c1-6-27-18-9-7-8-17(14-18)21(26)25(13-12-24(4)5)22-23-20-16(3)15(2)10-11-19(20)28-22;/h7-11,14H,6,12-13H2,1-5H3;1H. The molecular formula is C22H28ClN3OS2. The Labute approximate surface area is 187 Å². The Balaban J connectivity index is 0.00000300. The molecule has 156 valence electrons. The maximum absolute atomic E-state index is 13.4. The zero-order valence-corrected chi connectivity index (χ0v) is 20.0. The first-order valence-corrected chi connectivity index (χ1v) is 11.3. The van der Waals surface area contributed by atoms with Gasteiger partial charge in [-0.05, 0) is 69.1 Å². The molecule has 7 heteroatoms. The van der Waals surface area contributed by atoms with Crippen LogP contribution >= 0.6 is 35.5 Å². The van der Waals surface area contributed by atoms with Crippen molar-refractivity contribution in [1.82, 2.24) is 9.88 Å². The molecule has 0 aliphatic carbocycles. The predicted molar refractivity (Wildman–Crippen MR) is 129 cm³/mol. The number of fused-ring (bicyclic) bond motifs is 1. The van der Waals surface area contributed by atoms with E-state index in [1.165, 1.54) is 11.1 Å².